The topological polar surface area (TPSA) is 102 Å². The number of carbonyl (C=O) groups excluding carboxylic acids is 1. The number of nitrogens with zero attached hydrogens (tertiary/aromatic N) is 1. The predicted octanol–water partition coefficient (Wildman–Crippen LogP) is 1.77. The largest absolute Gasteiger partial charge is 0.477 e. The summed E-state index contributed by atoms with van der Waals surface area (Å²) in [6.45, 7) is 3.33. The maximum absolute atomic E-state index is 11.7. The lowest BCUT2D eigenvalue weighted by Gasteiger charge is -2.13. The molecular weight excluding hydrogens is 276 g/mol. The SMILES string of the molecule is CCCC(C)NC(=O)COc1ccc(CO)cc1[N+](=O)[O-]. The lowest BCUT2D eigenvalue weighted by atomic mass is 10.2. The summed E-state index contributed by atoms with van der Waals surface area (Å²) in [5.74, 6) is -0.313. The van der Waals surface area contributed by atoms with E-state index in [1.165, 1.54) is 18.2 Å². The van der Waals surface area contributed by atoms with Crippen LogP contribution in [0.15, 0.2) is 18.2 Å². The van der Waals surface area contributed by atoms with E-state index in [1.807, 2.05) is 13.8 Å². The van der Waals surface area contributed by atoms with Crippen LogP contribution >= 0.6 is 0 Å². The molecule has 2 N–H and O–H groups in total. The smallest absolute Gasteiger partial charge is 0.311 e. The van der Waals surface area contributed by atoms with Crippen molar-refractivity contribution >= 4 is 11.6 Å². The fourth-order valence-electron chi connectivity index (χ4n) is 1.89. The summed E-state index contributed by atoms with van der Waals surface area (Å²) < 4.78 is 5.20. The number of aliphatic hydroxyl groups excluding tert-OH is 1. The van der Waals surface area contributed by atoms with E-state index in [0.717, 1.165) is 12.8 Å². The van der Waals surface area contributed by atoms with Gasteiger partial charge in [-0.05, 0) is 25.0 Å². The number of benzene rings is 1. The Morgan fingerprint density at radius 3 is 2.81 bits per heavy atom. The van der Waals surface area contributed by atoms with Crippen molar-refractivity contribution < 1.29 is 19.6 Å². The molecule has 0 aliphatic carbocycles. The molecular formula is C14H20N2O5. The van der Waals surface area contributed by atoms with E-state index < -0.39 is 4.92 Å². The second kappa shape index (κ2) is 8.21. The van der Waals surface area contributed by atoms with Gasteiger partial charge >= 0.3 is 5.69 Å². The van der Waals surface area contributed by atoms with Gasteiger partial charge in [0.1, 0.15) is 0 Å². The van der Waals surface area contributed by atoms with E-state index >= 15 is 0 Å². The number of amides is 1. The molecule has 0 spiro atoms. The molecule has 116 valence electrons. The van der Waals surface area contributed by atoms with E-state index in [4.69, 9.17) is 9.84 Å². The Balaban J connectivity index is 2.66. The van der Waals surface area contributed by atoms with Crippen LogP contribution in [0.2, 0.25) is 0 Å². The second-order valence-electron chi connectivity index (χ2n) is 4.76. The van der Waals surface area contributed by atoms with Crippen LogP contribution in [0.1, 0.15) is 32.3 Å². The van der Waals surface area contributed by atoms with Gasteiger partial charge in [0.15, 0.2) is 12.4 Å². The van der Waals surface area contributed by atoms with Crippen molar-refractivity contribution in [1.82, 2.24) is 5.32 Å². The Morgan fingerprint density at radius 1 is 1.52 bits per heavy atom. The number of nitro groups is 1. The molecule has 1 rings (SSSR count). The molecule has 1 aromatic carbocycles. The van der Waals surface area contributed by atoms with Crippen molar-refractivity contribution in [2.45, 2.75) is 39.3 Å². The molecule has 0 bridgehead atoms. The van der Waals surface area contributed by atoms with Crippen LogP contribution < -0.4 is 10.1 Å². The fourth-order valence-corrected chi connectivity index (χ4v) is 1.89. The first-order valence-electron chi connectivity index (χ1n) is 6.78. The summed E-state index contributed by atoms with van der Waals surface area (Å²) in [4.78, 5) is 22.0. The van der Waals surface area contributed by atoms with Crippen LogP contribution in [-0.2, 0) is 11.4 Å². The Labute approximate surface area is 123 Å². The number of hydrogen-bond donors (Lipinski definition) is 2. The third-order valence-corrected chi connectivity index (χ3v) is 2.89. The standard InChI is InChI=1S/C14H20N2O5/c1-3-4-10(2)15-14(18)9-21-13-6-5-11(8-17)7-12(13)16(19)20/h5-7,10,17H,3-4,8-9H2,1-2H3,(H,15,18). The molecule has 1 unspecified atom stereocenters. The minimum atomic E-state index is -0.605. The zero-order valence-corrected chi connectivity index (χ0v) is 12.2. The third kappa shape index (κ3) is 5.39. The molecule has 0 aromatic heterocycles. The zero-order valence-electron chi connectivity index (χ0n) is 12.2. The van der Waals surface area contributed by atoms with Crippen molar-refractivity contribution in [2.75, 3.05) is 6.61 Å². The number of hydrogen-bond acceptors (Lipinski definition) is 5. The molecule has 0 saturated carbocycles. The van der Waals surface area contributed by atoms with Crippen molar-refractivity contribution in [1.29, 1.82) is 0 Å². The summed E-state index contributed by atoms with van der Waals surface area (Å²) in [6, 6.07) is 4.16. The summed E-state index contributed by atoms with van der Waals surface area (Å²) in [5.41, 5.74) is 0.144. The molecule has 0 aliphatic heterocycles. The Morgan fingerprint density at radius 2 is 2.24 bits per heavy atom. The van der Waals surface area contributed by atoms with E-state index in [1.54, 1.807) is 0 Å². The van der Waals surface area contributed by atoms with Crippen molar-refractivity contribution in [3.63, 3.8) is 0 Å². The monoisotopic (exact) mass is 296 g/mol. The van der Waals surface area contributed by atoms with E-state index in [0.29, 0.717) is 5.56 Å². The number of aliphatic hydroxyl groups is 1. The molecule has 0 saturated heterocycles. The molecule has 1 atom stereocenters. The third-order valence-electron chi connectivity index (χ3n) is 2.89. The van der Waals surface area contributed by atoms with Gasteiger partial charge in [0, 0.05) is 12.1 Å². The second-order valence-corrected chi connectivity index (χ2v) is 4.76. The Bertz CT molecular complexity index is 504. The predicted molar refractivity (Wildman–Crippen MR) is 77.0 cm³/mol. The Kier molecular flexibility index (Phi) is 6.61. The number of carbonyl (C=O) groups is 1. The first-order chi connectivity index (χ1) is 9.97. The molecule has 21 heavy (non-hydrogen) atoms. The minimum Gasteiger partial charge on any atom is -0.477 e. The average molecular weight is 296 g/mol. The lowest BCUT2D eigenvalue weighted by Crippen LogP contribution is -2.36. The number of ether oxygens (including phenoxy) is 1. The van der Waals surface area contributed by atoms with Gasteiger partial charge in [-0.2, -0.15) is 0 Å². The highest BCUT2D eigenvalue weighted by Gasteiger charge is 2.17. The first kappa shape index (κ1) is 16.9. The van der Waals surface area contributed by atoms with Gasteiger partial charge in [-0.3, -0.25) is 14.9 Å². The molecule has 0 radical (unpaired) electrons. The van der Waals surface area contributed by atoms with Crippen LogP contribution in [0.5, 0.6) is 5.75 Å². The number of rotatable bonds is 8. The van der Waals surface area contributed by atoms with Gasteiger partial charge in [-0.25, -0.2) is 0 Å². The van der Waals surface area contributed by atoms with Crippen LogP contribution in [-0.4, -0.2) is 28.6 Å². The highest BCUT2D eigenvalue weighted by molar-refractivity contribution is 5.78. The summed E-state index contributed by atoms with van der Waals surface area (Å²) in [6.07, 6.45) is 1.81. The van der Waals surface area contributed by atoms with E-state index in [9.17, 15) is 14.9 Å². The molecule has 0 aliphatic rings. The van der Waals surface area contributed by atoms with Crippen molar-refractivity contribution in [3.05, 3.63) is 33.9 Å². The highest BCUT2D eigenvalue weighted by atomic mass is 16.6. The van der Waals surface area contributed by atoms with Crippen LogP contribution in [0.25, 0.3) is 0 Å². The first-order valence-corrected chi connectivity index (χ1v) is 6.78. The summed E-state index contributed by atoms with van der Waals surface area (Å²) in [7, 11) is 0. The molecule has 7 nitrogen and oxygen atoms in total. The Hall–Kier alpha value is -2.15. The molecule has 1 aromatic rings. The number of nitrogens with one attached hydrogen (secondary N) is 1. The van der Waals surface area contributed by atoms with Gasteiger partial charge in [-0.1, -0.05) is 19.4 Å². The number of nitro benzene ring substituents is 1. The molecule has 7 heteroatoms. The molecule has 1 amide bonds. The van der Waals surface area contributed by atoms with Crippen LogP contribution in [0, 0.1) is 10.1 Å². The van der Waals surface area contributed by atoms with E-state index in [2.05, 4.69) is 5.32 Å². The summed E-state index contributed by atoms with van der Waals surface area (Å²) >= 11 is 0. The zero-order chi connectivity index (χ0) is 15.8. The van der Waals surface area contributed by atoms with Crippen molar-refractivity contribution in [3.8, 4) is 5.75 Å². The molecule has 0 fully saturated rings. The van der Waals surface area contributed by atoms with Crippen LogP contribution in [0.4, 0.5) is 5.69 Å². The maximum Gasteiger partial charge on any atom is 0.311 e. The summed E-state index contributed by atoms with van der Waals surface area (Å²) in [5, 5.41) is 22.7. The minimum absolute atomic E-state index is 0.00972. The van der Waals surface area contributed by atoms with Gasteiger partial charge in [-0.15, -0.1) is 0 Å². The normalized spacial score (nSPS) is 11.8. The van der Waals surface area contributed by atoms with E-state index in [-0.39, 0.29) is 36.6 Å². The van der Waals surface area contributed by atoms with Gasteiger partial charge in [0.05, 0.1) is 11.5 Å². The van der Waals surface area contributed by atoms with Gasteiger partial charge in [0.2, 0.25) is 0 Å². The maximum atomic E-state index is 11.7. The van der Waals surface area contributed by atoms with Gasteiger partial charge < -0.3 is 15.2 Å². The highest BCUT2D eigenvalue weighted by Crippen LogP contribution is 2.27. The molecule has 0 heterocycles. The fraction of sp³-hybridized carbons (Fsp3) is 0.500. The quantitative estimate of drug-likeness (QED) is 0.562. The average Bonchev–Trinajstić information content (AvgIpc) is 2.45. The lowest BCUT2D eigenvalue weighted by molar-refractivity contribution is -0.385. The van der Waals surface area contributed by atoms with Crippen LogP contribution in [0.3, 0.4) is 0 Å². The van der Waals surface area contributed by atoms with Gasteiger partial charge in [0.25, 0.3) is 5.91 Å². The van der Waals surface area contributed by atoms with Crippen molar-refractivity contribution in [2.24, 2.45) is 0 Å².